The van der Waals surface area contributed by atoms with Crippen LogP contribution in [0.4, 0.5) is 0 Å². The molecule has 0 aromatic heterocycles. The van der Waals surface area contributed by atoms with Crippen LogP contribution < -0.4 is 0 Å². The zero-order valence-corrected chi connectivity index (χ0v) is 15.6. The van der Waals surface area contributed by atoms with Crippen LogP contribution in [0.1, 0.15) is 53.4 Å². The Kier molecular flexibility index (Phi) is 11.0. The first-order chi connectivity index (χ1) is 9.31. The predicted octanol–water partition coefficient (Wildman–Crippen LogP) is 4.10. The Balaban J connectivity index is 4.00. The van der Waals surface area contributed by atoms with Gasteiger partial charge in [-0.2, -0.15) is 16.8 Å². The quantitative estimate of drug-likeness (QED) is 0.324. The van der Waals surface area contributed by atoms with Gasteiger partial charge < -0.3 is 0 Å². The van der Waals surface area contributed by atoms with Crippen molar-refractivity contribution >= 4 is 11.8 Å². The van der Waals surface area contributed by atoms with E-state index < -0.39 is 0 Å². The van der Waals surface area contributed by atoms with Crippen molar-refractivity contribution in [3.8, 4) is 0 Å². The molecule has 122 valence electrons. The van der Waals surface area contributed by atoms with Crippen LogP contribution in [0.2, 0.25) is 0 Å². The fraction of sp³-hybridized carbons (Fsp3) is 1.00. The van der Waals surface area contributed by atoms with Gasteiger partial charge in [0, 0.05) is 12.6 Å². The summed E-state index contributed by atoms with van der Waals surface area (Å²) in [4.78, 5) is 8.23. The van der Waals surface area contributed by atoms with Crippen molar-refractivity contribution < 1.29 is 4.84 Å². The SMILES string of the molecule is CCCCCC(CON(C)CN(C)C(C)(C)C)CSC. The number of hydrogen-bond acceptors (Lipinski definition) is 4. The van der Waals surface area contributed by atoms with Crippen molar-refractivity contribution in [3.05, 3.63) is 0 Å². The molecule has 0 bridgehead atoms. The molecule has 0 rings (SSSR count). The summed E-state index contributed by atoms with van der Waals surface area (Å²) in [5.74, 6) is 1.88. The third-order valence-corrected chi connectivity index (χ3v) is 4.51. The van der Waals surface area contributed by atoms with E-state index in [9.17, 15) is 0 Å². The minimum atomic E-state index is 0.178. The Labute approximate surface area is 131 Å². The zero-order chi connectivity index (χ0) is 15.6. The largest absolute Gasteiger partial charge is 0.298 e. The molecule has 1 unspecified atom stereocenters. The first-order valence-electron chi connectivity index (χ1n) is 7.85. The molecule has 0 fully saturated rings. The second kappa shape index (κ2) is 10.9. The van der Waals surface area contributed by atoms with E-state index >= 15 is 0 Å². The van der Waals surface area contributed by atoms with Crippen molar-refractivity contribution in [2.45, 2.75) is 58.9 Å². The van der Waals surface area contributed by atoms with Crippen LogP contribution in [0.5, 0.6) is 0 Å². The highest BCUT2D eigenvalue weighted by atomic mass is 32.2. The lowest BCUT2D eigenvalue weighted by Gasteiger charge is -2.35. The first kappa shape index (κ1) is 20.2. The average molecular weight is 305 g/mol. The highest BCUT2D eigenvalue weighted by molar-refractivity contribution is 7.98. The minimum absolute atomic E-state index is 0.178. The maximum atomic E-state index is 5.93. The third kappa shape index (κ3) is 10.0. The van der Waals surface area contributed by atoms with Crippen LogP contribution in [-0.2, 0) is 4.84 Å². The summed E-state index contributed by atoms with van der Waals surface area (Å²) >= 11 is 1.93. The molecule has 0 aromatic rings. The molecule has 0 amide bonds. The van der Waals surface area contributed by atoms with Crippen LogP contribution in [0, 0.1) is 5.92 Å². The summed E-state index contributed by atoms with van der Waals surface area (Å²) in [7, 11) is 4.17. The summed E-state index contributed by atoms with van der Waals surface area (Å²) in [6, 6.07) is 0. The maximum Gasteiger partial charge on any atom is 0.0755 e. The molecule has 0 aliphatic rings. The number of hydrogen-bond donors (Lipinski definition) is 0. The van der Waals surface area contributed by atoms with Gasteiger partial charge in [0.25, 0.3) is 0 Å². The molecule has 0 spiro atoms. The van der Waals surface area contributed by atoms with Crippen molar-refractivity contribution in [1.29, 1.82) is 0 Å². The van der Waals surface area contributed by atoms with Gasteiger partial charge in [0.1, 0.15) is 0 Å². The molecule has 0 saturated carbocycles. The van der Waals surface area contributed by atoms with E-state index in [2.05, 4.69) is 45.9 Å². The lowest BCUT2D eigenvalue weighted by molar-refractivity contribution is -0.178. The maximum absolute atomic E-state index is 5.93. The molecule has 0 radical (unpaired) electrons. The lowest BCUT2D eigenvalue weighted by atomic mass is 10.0. The molecule has 3 nitrogen and oxygen atoms in total. The molecule has 0 aliphatic carbocycles. The average Bonchev–Trinajstić information content (AvgIpc) is 2.35. The predicted molar refractivity (Wildman–Crippen MR) is 92.1 cm³/mol. The smallest absolute Gasteiger partial charge is 0.0755 e. The first-order valence-corrected chi connectivity index (χ1v) is 9.24. The van der Waals surface area contributed by atoms with Crippen LogP contribution in [0.3, 0.4) is 0 Å². The van der Waals surface area contributed by atoms with Crippen molar-refractivity contribution in [2.75, 3.05) is 39.4 Å². The molecule has 0 heterocycles. The fourth-order valence-electron chi connectivity index (χ4n) is 1.92. The van der Waals surface area contributed by atoms with E-state index in [1.165, 1.54) is 31.4 Å². The number of nitrogens with zero attached hydrogens (tertiary/aromatic N) is 2. The molecule has 0 aliphatic heterocycles. The van der Waals surface area contributed by atoms with Crippen molar-refractivity contribution in [2.24, 2.45) is 5.92 Å². The number of hydroxylamine groups is 2. The lowest BCUT2D eigenvalue weighted by Crippen LogP contribution is -2.44. The monoisotopic (exact) mass is 304 g/mol. The van der Waals surface area contributed by atoms with Gasteiger partial charge in [-0.3, -0.25) is 9.74 Å². The number of thioether (sulfide) groups is 1. The van der Waals surface area contributed by atoms with E-state index in [0.29, 0.717) is 5.92 Å². The normalized spacial score (nSPS) is 14.2. The molecule has 4 heteroatoms. The van der Waals surface area contributed by atoms with E-state index in [-0.39, 0.29) is 5.54 Å². The van der Waals surface area contributed by atoms with Crippen molar-refractivity contribution in [1.82, 2.24) is 9.96 Å². The Morgan fingerprint density at radius 3 is 2.30 bits per heavy atom. The van der Waals surface area contributed by atoms with Gasteiger partial charge in [0.05, 0.1) is 13.3 Å². The molecule has 1 atom stereocenters. The molecular formula is C16H36N2OS. The van der Waals surface area contributed by atoms with Crippen LogP contribution in [0.15, 0.2) is 0 Å². The van der Waals surface area contributed by atoms with E-state index in [0.717, 1.165) is 13.3 Å². The zero-order valence-electron chi connectivity index (χ0n) is 14.7. The summed E-state index contributed by atoms with van der Waals surface area (Å²) in [5, 5.41) is 1.97. The Morgan fingerprint density at radius 2 is 1.80 bits per heavy atom. The van der Waals surface area contributed by atoms with Crippen molar-refractivity contribution in [3.63, 3.8) is 0 Å². The van der Waals surface area contributed by atoms with Crippen LogP contribution in [-0.4, -0.2) is 54.9 Å². The van der Waals surface area contributed by atoms with Gasteiger partial charge in [0.15, 0.2) is 0 Å². The van der Waals surface area contributed by atoms with Gasteiger partial charge in [-0.15, -0.1) is 0 Å². The van der Waals surface area contributed by atoms with Gasteiger partial charge >= 0.3 is 0 Å². The minimum Gasteiger partial charge on any atom is -0.298 e. The van der Waals surface area contributed by atoms with E-state index in [4.69, 9.17) is 4.84 Å². The summed E-state index contributed by atoms with van der Waals surface area (Å²) in [6.07, 6.45) is 7.44. The topological polar surface area (TPSA) is 15.7 Å². The van der Waals surface area contributed by atoms with Crippen LogP contribution >= 0.6 is 11.8 Å². The van der Waals surface area contributed by atoms with Gasteiger partial charge in [-0.05, 0) is 52.2 Å². The Hall–Kier alpha value is 0.230. The standard InChI is InChI=1S/C16H36N2OS/c1-8-9-10-11-15(13-20-7)12-19-18(6)14-17(5)16(2,3)4/h15H,8-14H2,1-7H3. The molecule has 0 saturated heterocycles. The van der Waals surface area contributed by atoms with Gasteiger partial charge in [0.2, 0.25) is 0 Å². The molecule has 20 heavy (non-hydrogen) atoms. The summed E-state index contributed by atoms with van der Waals surface area (Å²) < 4.78 is 0. The molecule has 0 aromatic carbocycles. The fourth-order valence-corrected chi connectivity index (χ4v) is 2.65. The Bertz CT molecular complexity index is 231. The highest BCUT2D eigenvalue weighted by Crippen LogP contribution is 2.16. The second-order valence-electron chi connectivity index (χ2n) is 6.75. The van der Waals surface area contributed by atoms with Gasteiger partial charge in [-0.25, -0.2) is 0 Å². The molecular weight excluding hydrogens is 268 g/mol. The van der Waals surface area contributed by atoms with Crippen LogP contribution in [0.25, 0.3) is 0 Å². The number of unbranched alkanes of at least 4 members (excludes halogenated alkanes) is 2. The summed E-state index contributed by atoms with van der Waals surface area (Å²) in [6.45, 7) is 10.6. The van der Waals surface area contributed by atoms with E-state index in [1.807, 2.05) is 23.9 Å². The highest BCUT2D eigenvalue weighted by Gasteiger charge is 2.19. The third-order valence-electron chi connectivity index (χ3n) is 3.71. The Morgan fingerprint density at radius 1 is 1.15 bits per heavy atom. The second-order valence-corrected chi connectivity index (χ2v) is 7.66. The van der Waals surface area contributed by atoms with E-state index in [1.54, 1.807) is 0 Å². The molecule has 0 N–H and O–H groups in total. The summed E-state index contributed by atoms with van der Waals surface area (Å²) in [5.41, 5.74) is 0.178. The van der Waals surface area contributed by atoms with Gasteiger partial charge in [-0.1, -0.05) is 26.2 Å². The number of rotatable bonds is 11.